The number of allylic oxidation sites excluding steroid dienone is 4. The lowest BCUT2D eigenvalue weighted by molar-refractivity contribution is -0.134. The molecule has 0 aliphatic heterocycles. The molecular weight excluding hydrogens is 312 g/mol. The summed E-state index contributed by atoms with van der Waals surface area (Å²) >= 11 is 0. The monoisotopic (exact) mass is 332 g/mol. The molecule has 128 valence electrons. The molecule has 1 aliphatic rings. The van der Waals surface area contributed by atoms with E-state index in [4.69, 9.17) is 9.90 Å². The maximum absolute atomic E-state index is 12.3. The van der Waals surface area contributed by atoms with E-state index in [0.717, 1.165) is 12.5 Å². The number of aromatic hydroxyl groups is 2. The van der Waals surface area contributed by atoms with Crippen LogP contribution in [0.2, 0.25) is 0 Å². The van der Waals surface area contributed by atoms with E-state index in [1.165, 1.54) is 18.2 Å². The second kappa shape index (κ2) is 8.10. The van der Waals surface area contributed by atoms with Crippen LogP contribution < -0.4 is 0 Å². The highest BCUT2D eigenvalue weighted by Gasteiger charge is 2.30. The molecule has 0 atom stereocenters. The van der Waals surface area contributed by atoms with E-state index in [0.29, 0.717) is 18.4 Å². The predicted octanol–water partition coefficient (Wildman–Crippen LogP) is 3.24. The number of carboxylic acid groups (broad SMARTS) is 1. The highest BCUT2D eigenvalue weighted by atomic mass is 16.4. The molecule has 0 radical (unpaired) electrons. The average molecular weight is 332 g/mol. The Kier molecular flexibility index (Phi) is 6.47. The molecular formula is C18H20O6. The lowest BCUT2D eigenvalue weighted by Gasteiger charge is -2.16. The van der Waals surface area contributed by atoms with Crippen molar-refractivity contribution in [3.8, 4) is 11.5 Å². The van der Waals surface area contributed by atoms with Gasteiger partial charge in [-0.3, -0.25) is 14.4 Å². The van der Waals surface area contributed by atoms with E-state index in [1.54, 1.807) is 0 Å². The fourth-order valence-corrected chi connectivity index (χ4v) is 2.22. The Hall–Kier alpha value is -2.89. The van der Waals surface area contributed by atoms with Crippen molar-refractivity contribution in [1.82, 2.24) is 0 Å². The van der Waals surface area contributed by atoms with Gasteiger partial charge in [-0.1, -0.05) is 11.6 Å². The van der Waals surface area contributed by atoms with Crippen molar-refractivity contribution >= 4 is 17.5 Å². The highest BCUT2D eigenvalue weighted by molar-refractivity contribution is 6.26. The van der Waals surface area contributed by atoms with Gasteiger partial charge in [0.1, 0.15) is 11.5 Å². The van der Waals surface area contributed by atoms with Gasteiger partial charge in [0.25, 0.3) is 5.97 Å². The summed E-state index contributed by atoms with van der Waals surface area (Å²) in [6, 6.07) is 2.43. The lowest BCUT2D eigenvalue weighted by atomic mass is 9.86. The smallest absolute Gasteiger partial charge is 0.300 e. The number of benzene rings is 1. The van der Waals surface area contributed by atoms with Gasteiger partial charge in [-0.05, 0) is 44.9 Å². The first-order valence-corrected chi connectivity index (χ1v) is 7.32. The van der Waals surface area contributed by atoms with Crippen molar-refractivity contribution in [2.75, 3.05) is 0 Å². The molecule has 0 unspecified atom stereocenters. The number of rotatable bonds is 3. The first kappa shape index (κ1) is 19.2. The SMILES string of the molecule is CC(=O)O.CC(C)=CCCC1=CC(=O)c2c(O)ccc(O)c2C1=O. The maximum atomic E-state index is 12.3. The number of hydrogen-bond acceptors (Lipinski definition) is 5. The maximum Gasteiger partial charge on any atom is 0.300 e. The van der Waals surface area contributed by atoms with Crippen LogP contribution in [-0.4, -0.2) is 32.9 Å². The van der Waals surface area contributed by atoms with Gasteiger partial charge in [0.05, 0.1) is 11.1 Å². The first-order chi connectivity index (χ1) is 11.1. The number of carbonyl (C=O) groups is 3. The molecule has 1 aromatic rings. The third kappa shape index (κ3) is 4.81. The molecule has 0 aromatic heterocycles. The number of carbonyl (C=O) groups excluding carboxylic acids is 2. The number of phenols is 2. The number of carboxylic acids is 1. The number of Topliss-reactive ketones (excluding diaryl/α,β-unsaturated/α-hetero) is 1. The Balaban J connectivity index is 0.000000648. The molecule has 2 rings (SSSR count). The lowest BCUT2D eigenvalue weighted by Crippen LogP contribution is -2.17. The molecule has 6 nitrogen and oxygen atoms in total. The van der Waals surface area contributed by atoms with Gasteiger partial charge in [-0.15, -0.1) is 0 Å². The van der Waals surface area contributed by atoms with Gasteiger partial charge >= 0.3 is 0 Å². The molecule has 1 aromatic carbocycles. The minimum atomic E-state index is -0.833. The molecule has 0 amide bonds. The minimum absolute atomic E-state index is 0.0929. The van der Waals surface area contributed by atoms with Gasteiger partial charge < -0.3 is 15.3 Å². The van der Waals surface area contributed by atoms with Gasteiger partial charge in [0.15, 0.2) is 11.6 Å². The summed E-state index contributed by atoms with van der Waals surface area (Å²) in [4.78, 5) is 33.3. The van der Waals surface area contributed by atoms with Gasteiger partial charge in [-0.25, -0.2) is 0 Å². The van der Waals surface area contributed by atoms with Crippen LogP contribution in [0.3, 0.4) is 0 Å². The molecule has 0 saturated heterocycles. The van der Waals surface area contributed by atoms with Gasteiger partial charge in [-0.2, -0.15) is 0 Å². The first-order valence-electron chi connectivity index (χ1n) is 7.32. The van der Waals surface area contributed by atoms with Gasteiger partial charge in [0, 0.05) is 12.5 Å². The second-order valence-corrected chi connectivity index (χ2v) is 5.56. The topological polar surface area (TPSA) is 112 Å². The van der Waals surface area contributed by atoms with E-state index in [-0.39, 0.29) is 22.6 Å². The van der Waals surface area contributed by atoms with Crippen molar-refractivity contribution < 1.29 is 29.7 Å². The van der Waals surface area contributed by atoms with Crippen molar-refractivity contribution in [3.63, 3.8) is 0 Å². The largest absolute Gasteiger partial charge is 0.507 e. The summed E-state index contributed by atoms with van der Waals surface area (Å²) in [5, 5.41) is 26.9. The van der Waals surface area contributed by atoms with Crippen LogP contribution >= 0.6 is 0 Å². The summed E-state index contributed by atoms with van der Waals surface area (Å²) in [6.45, 7) is 5.00. The molecule has 6 heteroatoms. The van der Waals surface area contributed by atoms with Crippen LogP contribution in [0.4, 0.5) is 0 Å². The van der Waals surface area contributed by atoms with Gasteiger partial charge in [0.2, 0.25) is 0 Å². The third-order valence-electron chi connectivity index (χ3n) is 3.20. The Labute approximate surface area is 139 Å². The van der Waals surface area contributed by atoms with Crippen molar-refractivity contribution in [2.24, 2.45) is 0 Å². The number of aliphatic carboxylic acids is 1. The normalized spacial score (nSPS) is 12.5. The van der Waals surface area contributed by atoms with Crippen LogP contribution in [-0.2, 0) is 4.79 Å². The molecule has 0 bridgehead atoms. The van der Waals surface area contributed by atoms with Crippen molar-refractivity contribution in [2.45, 2.75) is 33.6 Å². The fraction of sp³-hybridized carbons (Fsp3) is 0.278. The number of ketones is 2. The molecule has 0 heterocycles. The Morgan fingerprint density at radius 1 is 1.04 bits per heavy atom. The molecule has 3 N–H and O–H groups in total. The number of fused-ring (bicyclic) bond motifs is 1. The van der Waals surface area contributed by atoms with Crippen molar-refractivity contribution in [3.05, 3.63) is 46.6 Å². The van der Waals surface area contributed by atoms with Crippen LogP contribution in [0.15, 0.2) is 35.4 Å². The zero-order chi connectivity index (χ0) is 18.4. The molecule has 24 heavy (non-hydrogen) atoms. The van der Waals surface area contributed by atoms with E-state index in [1.807, 2.05) is 19.9 Å². The second-order valence-electron chi connectivity index (χ2n) is 5.56. The Morgan fingerprint density at radius 3 is 2.04 bits per heavy atom. The van der Waals surface area contributed by atoms with E-state index in [2.05, 4.69) is 0 Å². The zero-order valence-electron chi connectivity index (χ0n) is 13.8. The Bertz CT molecular complexity index is 732. The standard InChI is InChI=1S/C16H16O4.C2H4O2/c1-9(2)4-3-5-10-8-13(19)14-11(17)6-7-12(18)15(14)16(10)20;1-2(3)4/h4,6-8,17-18H,3,5H2,1-2H3;1H3,(H,3,4). The fourth-order valence-electron chi connectivity index (χ4n) is 2.22. The zero-order valence-corrected chi connectivity index (χ0v) is 13.8. The van der Waals surface area contributed by atoms with E-state index >= 15 is 0 Å². The number of phenolic OH excluding ortho intramolecular Hbond substituents is 2. The quantitative estimate of drug-likeness (QED) is 0.578. The van der Waals surface area contributed by atoms with Crippen LogP contribution in [0, 0.1) is 0 Å². The van der Waals surface area contributed by atoms with Crippen molar-refractivity contribution in [1.29, 1.82) is 0 Å². The summed E-state index contributed by atoms with van der Waals surface area (Å²) in [6.07, 6.45) is 4.32. The third-order valence-corrected chi connectivity index (χ3v) is 3.20. The predicted molar refractivity (Wildman–Crippen MR) is 88.5 cm³/mol. The van der Waals surface area contributed by atoms with E-state index in [9.17, 15) is 19.8 Å². The summed E-state index contributed by atoms with van der Waals surface area (Å²) in [5.41, 5.74) is 1.30. The highest BCUT2D eigenvalue weighted by Crippen LogP contribution is 2.35. The van der Waals surface area contributed by atoms with Crippen LogP contribution in [0.25, 0.3) is 0 Å². The van der Waals surface area contributed by atoms with Crippen LogP contribution in [0.1, 0.15) is 54.3 Å². The summed E-state index contributed by atoms with van der Waals surface area (Å²) in [5.74, 6) is -2.23. The molecule has 0 fully saturated rings. The average Bonchev–Trinajstić information content (AvgIpc) is 2.45. The summed E-state index contributed by atoms with van der Waals surface area (Å²) < 4.78 is 0. The number of hydrogen-bond donors (Lipinski definition) is 3. The summed E-state index contributed by atoms with van der Waals surface area (Å²) in [7, 11) is 0. The molecule has 0 spiro atoms. The van der Waals surface area contributed by atoms with Crippen LogP contribution in [0.5, 0.6) is 11.5 Å². The molecule has 1 aliphatic carbocycles. The molecule has 0 saturated carbocycles. The van der Waals surface area contributed by atoms with E-state index < -0.39 is 17.5 Å². The Morgan fingerprint density at radius 2 is 1.54 bits per heavy atom. The minimum Gasteiger partial charge on any atom is -0.507 e.